The van der Waals surface area contributed by atoms with E-state index in [1.165, 1.54) is 0 Å². The summed E-state index contributed by atoms with van der Waals surface area (Å²) in [4.78, 5) is 22.8. The summed E-state index contributed by atoms with van der Waals surface area (Å²) in [7, 11) is 3.60. The molecule has 1 aliphatic rings. The van der Waals surface area contributed by atoms with Crippen molar-refractivity contribution in [3.8, 4) is 11.1 Å². The Balaban J connectivity index is 1.09. The zero-order valence-electron chi connectivity index (χ0n) is 27.2. The fourth-order valence-corrected chi connectivity index (χ4v) is 7.20. The van der Waals surface area contributed by atoms with E-state index in [9.17, 15) is 4.79 Å². The van der Waals surface area contributed by atoms with E-state index in [2.05, 4.69) is 72.0 Å². The van der Waals surface area contributed by atoms with E-state index < -0.39 is 0 Å². The molecular weight excluding hydrogens is 622 g/mol. The van der Waals surface area contributed by atoms with Gasteiger partial charge in [0, 0.05) is 46.8 Å². The fourth-order valence-electron chi connectivity index (χ4n) is 7.20. The number of nitrogens with zero attached hydrogens (tertiary/aromatic N) is 4. The van der Waals surface area contributed by atoms with Crippen molar-refractivity contribution in [3.63, 3.8) is 0 Å². The second kappa shape index (κ2) is 10.7. The smallest absolute Gasteiger partial charge is 0.328 e. The van der Waals surface area contributed by atoms with Crippen LogP contribution in [0.15, 0.2) is 151 Å². The molecule has 3 aromatic heterocycles. The molecule has 0 saturated heterocycles. The van der Waals surface area contributed by atoms with Crippen LogP contribution in [0.2, 0.25) is 0 Å². The number of aliphatic imine (C=N–C) groups is 2. The summed E-state index contributed by atoms with van der Waals surface area (Å²) in [6, 6.07) is 43.0. The van der Waals surface area contributed by atoms with Crippen molar-refractivity contribution >= 4 is 66.6 Å². The molecule has 0 spiro atoms. The first-order valence-corrected chi connectivity index (χ1v) is 16.5. The van der Waals surface area contributed by atoms with Crippen LogP contribution in [0.3, 0.4) is 0 Å². The summed E-state index contributed by atoms with van der Waals surface area (Å²) < 4.78 is 15.9. The molecule has 1 atom stereocenters. The molecule has 0 fully saturated rings. The summed E-state index contributed by atoms with van der Waals surface area (Å²) >= 11 is 0. The van der Waals surface area contributed by atoms with Gasteiger partial charge in [0.1, 0.15) is 34.3 Å². The van der Waals surface area contributed by atoms with Gasteiger partial charge < -0.3 is 14.2 Å². The first kappa shape index (κ1) is 28.4. The highest BCUT2D eigenvalue weighted by molar-refractivity contribution is 6.18. The maximum atomic E-state index is 12.6. The van der Waals surface area contributed by atoms with Crippen LogP contribution in [-0.2, 0) is 14.1 Å². The zero-order valence-corrected chi connectivity index (χ0v) is 27.2. The number of hydrogen-bond acceptors (Lipinski definition) is 6. The third-order valence-corrected chi connectivity index (χ3v) is 9.83. The van der Waals surface area contributed by atoms with Crippen molar-refractivity contribution in [2.24, 2.45) is 24.1 Å². The van der Waals surface area contributed by atoms with Gasteiger partial charge in [0.15, 0.2) is 5.84 Å². The quantitative estimate of drug-likeness (QED) is 0.206. The predicted molar refractivity (Wildman–Crippen MR) is 200 cm³/mol. The Hall–Kier alpha value is -6.67. The van der Waals surface area contributed by atoms with Crippen LogP contribution in [-0.4, -0.2) is 20.8 Å². The van der Waals surface area contributed by atoms with E-state index in [4.69, 9.17) is 18.8 Å². The lowest BCUT2D eigenvalue weighted by Gasteiger charge is -2.24. The SMILES string of the molecule is Cn1c(=O)n(C)c2cc(-c3cccc(C4=NC(c5ccc6oc7cc8c(cc7c6c5)oc5ccccc58)=NC(c5ccccc5)N4)c3)ccc21. The van der Waals surface area contributed by atoms with E-state index in [0.29, 0.717) is 5.84 Å². The molecule has 4 heterocycles. The Labute approximate surface area is 285 Å². The molecule has 8 nitrogen and oxygen atoms in total. The molecule has 1 N–H and O–H groups in total. The number of aromatic nitrogens is 2. The van der Waals surface area contributed by atoms with Gasteiger partial charge >= 0.3 is 5.69 Å². The van der Waals surface area contributed by atoms with Crippen molar-refractivity contribution in [3.05, 3.63) is 155 Å². The highest BCUT2D eigenvalue weighted by Gasteiger charge is 2.22. The molecule has 0 saturated carbocycles. The standard InChI is InChI=1S/C42H29N5O3/c1-46-33-17-15-26(21-34(33)47(2)42(46)48)25-11-8-12-27(19-25)40-43-39(24-9-4-3-5-10-24)44-41(45-40)28-16-18-36-30(20-28)32-23-37-31(22-38(32)50-36)29-13-6-7-14-35(29)49-37/h3-23,39H,1-2H3,(H,43,44,45). The number of fused-ring (bicyclic) bond motifs is 7. The predicted octanol–water partition coefficient (Wildman–Crippen LogP) is 8.84. The van der Waals surface area contributed by atoms with Crippen LogP contribution in [0.25, 0.3) is 66.0 Å². The average Bonchev–Trinajstić information content (AvgIpc) is 3.79. The van der Waals surface area contributed by atoms with Crippen LogP contribution >= 0.6 is 0 Å². The number of para-hydroxylation sites is 1. The van der Waals surface area contributed by atoms with Crippen molar-refractivity contribution in [1.82, 2.24) is 14.5 Å². The van der Waals surface area contributed by atoms with Crippen molar-refractivity contribution in [2.75, 3.05) is 0 Å². The Morgan fingerprint density at radius 3 is 2.06 bits per heavy atom. The Kier molecular flexibility index (Phi) is 6.05. The van der Waals surface area contributed by atoms with Gasteiger partial charge in [-0.2, -0.15) is 0 Å². The lowest BCUT2D eigenvalue weighted by molar-refractivity contribution is 0.664. The van der Waals surface area contributed by atoms with Gasteiger partial charge in [-0.15, -0.1) is 0 Å². The van der Waals surface area contributed by atoms with Crippen molar-refractivity contribution < 1.29 is 8.83 Å². The second-order valence-corrected chi connectivity index (χ2v) is 12.8. The zero-order chi connectivity index (χ0) is 33.5. The van der Waals surface area contributed by atoms with Gasteiger partial charge in [-0.25, -0.2) is 14.8 Å². The molecule has 8 heteroatoms. The highest BCUT2D eigenvalue weighted by Crippen LogP contribution is 2.37. The molecule has 0 radical (unpaired) electrons. The minimum Gasteiger partial charge on any atom is -0.456 e. The van der Waals surface area contributed by atoms with E-state index in [0.717, 1.165) is 88.6 Å². The van der Waals surface area contributed by atoms with E-state index >= 15 is 0 Å². The summed E-state index contributed by atoms with van der Waals surface area (Å²) in [6.07, 6.45) is -0.343. The lowest BCUT2D eigenvalue weighted by atomic mass is 10.0. The maximum Gasteiger partial charge on any atom is 0.328 e. The number of rotatable bonds is 4. The minimum absolute atomic E-state index is 0.0464. The van der Waals surface area contributed by atoms with Crippen LogP contribution in [0.5, 0.6) is 0 Å². The largest absolute Gasteiger partial charge is 0.456 e. The highest BCUT2D eigenvalue weighted by atomic mass is 16.3. The summed E-state index contributed by atoms with van der Waals surface area (Å²) in [5.41, 5.74) is 9.90. The van der Waals surface area contributed by atoms with Gasteiger partial charge in [0.05, 0.1) is 11.0 Å². The first-order chi connectivity index (χ1) is 24.5. The molecular formula is C42H29N5O3. The molecule has 0 amide bonds. The topological polar surface area (TPSA) is 90.0 Å². The maximum absolute atomic E-state index is 12.6. The summed E-state index contributed by atoms with van der Waals surface area (Å²) in [6.45, 7) is 0. The number of hydrogen-bond donors (Lipinski definition) is 1. The van der Waals surface area contributed by atoms with Gasteiger partial charge in [-0.05, 0) is 71.3 Å². The number of furan rings is 2. The lowest BCUT2D eigenvalue weighted by Crippen LogP contribution is -2.33. The van der Waals surface area contributed by atoms with E-state index in [1.807, 2.05) is 60.7 Å². The molecule has 9 aromatic rings. The van der Waals surface area contributed by atoms with Gasteiger partial charge in [-0.1, -0.05) is 72.8 Å². The Bertz CT molecular complexity index is 2960. The molecule has 0 aliphatic carbocycles. The van der Waals surface area contributed by atoms with Crippen LogP contribution in [0, 0.1) is 0 Å². The molecule has 1 unspecified atom stereocenters. The average molecular weight is 652 g/mol. The number of imidazole rings is 1. The molecule has 10 rings (SSSR count). The first-order valence-electron chi connectivity index (χ1n) is 16.5. The Morgan fingerprint density at radius 1 is 0.560 bits per heavy atom. The monoisotopic (exact) mass is 651 g/mol. The number of nitrogens with one attached hydrogen (secondary N) is 1. The van der Waals surface area contributed by atoms with Gasteiger partial charge in [-0.3, -0.25) is 9.13 Å². The molecule has 6 aromatic carbocycles. The van der Waals surface area contributed by atoms with Gasteiger partial charge in [0.2, 0.25) is 0 Å². The minimum atomic E-state index is -0.343. The van der Waals surface area contributed by atoms with Gasteiger partial charge in [0.25, 0.3) is 0 Å². The molecule has 0 bridgehead atoms. The third-order valence-electron chi connectivity index (χ3n) is 9.83. The van der Waals surface area contributed by atoms with E-state index in [-0.39, 0.29) is 11.9 Å². The number of amidine groups is 2. The molecule has 240 valence electrons. The van der Waals surface area contributed by atoms with Crippen LogP contribution < -0.4 is 11.0 Å². The van der Waals surface area contributed by atoms with E-state index in [1.54, 1.807) is 23.2 Å². The summed E-state index contributed by atoms with van der Waals surface area (Å²) in [5, 5.41) is 7.65. The van der Waals surface area contributed by atoms with Crippen molar-refractivity contribution in [2.45, 2.75) is 6.17 Å². The molecule has 1 aliphatic heterocycles. The summed E-state index contributed by atoms with van der Waals surface area (Å²) in [5.74, 6) is 1.35. The molecule has 50 heavy (non-hydrogen) atoms. The van der Waals surface area contributed by atoms with Crippen LogP contribution in [0.4, 0.5) is 0 Å². The number of aryl methyl sites for hydroxylation is 2. The van der Waals surface area contributed by atoms with Crippen molar-refractivity contribution in [1.29, 1.82) is 0 Å². The fraction of sp³-hybridized carbons (Fsp3) is 0.0714. The third kappa shape index (κ3) is 4.35. The second-order valence-electron chi connectivity index (χ2n) is 12.8. The number of benzene rings is 6. The van der Waals surface area contributed by atoms with Crippen LogP contribution in [0.1, 0.15) is 22.9 Å². The normalized spacial score (nSPS) is 14.9. The Morgan fingerprint density at radius 2 is 1.22 bits per heavy atom.